The van der Waals surface area contributed by atoms with Crippen molar-refractivity contribution in [1.29, 1.82) is 0 Å². The van der Waals surface area contributed by atoms with E-state index in [4.69, 9.17) is 14.2 Å². The predicted octanol–water partition coefficient (Wildman–Crippen LogP) is 17.0. The van der Waals surface area contributed by atoms with Gasteiger partial charge in [0.15, 0.2) is 6.29 Å². The molecule has 470 valence electrons. The number of aliphatic hydroxyl groups excluding tert-OH is 5. The molecule has 80 heavy (non-hydrogen) atoms. The summed E-state index contributed by atoms with van der Waals surface area (Å²) in [6.07, 6.45) is 64.1. The van der Waals surface area contributed by atoms with Crippen LogP contribution in [0.1, 0.15) is 328 Å². The Bertz CT molecular complexity index is 1420. The number of amides is 1. The maximum atomic E-state index is 13.1. The zero-order valence-electron chi connectivity index (χ0n) is 52.1. The molecule has 1 amide bonds. The fourth-order valence-corrected chi connectivity index (χ4v) is 10.8. The third kappa shape index (κ3) is 47.3. The van der Waals surface area contributed by atoms with Crippen LogP contribution >= 0.6 is 0 Å². The molecule has 1 heterocycles. The van der Waals surface area contributed by atoms with Gasteiger partial charge < -0.3 is 45.1 Å². The van der Waals surface area contributed by atoms with Crippen molar-refractivity contribution in [3.63, 3.8) is 0 Å². The van der Waals surface area contributed by atoms with Gasteiger partial charge in [0.1, 0.15) is 24.4 Å². The Balaban J connectivity index is 2.00. The molecule has 0 aromatic carbocycles. The van der Waals surface area contributed by atoms with Crippen molar-refractivity contribution in [2.24, 2.45) is 0 Å². The van der Waals surface area contributed by atoms with Gasteiger partial charge in [0.25, 0.3) is 0 Å². The van der Waals surface area contributed by atoms with Gasteiger partial charge in [0.2, 0.25) is 5.91 Å². The predicted molar refractivity (Wildman–Crippen MR) is 334 cm³/mol. The fraction of sp³-hybridized carbons (Fsp3) is 0.884. The SMILES string of the molecule is CCCCCC/C=C/CC/C=C/CC/C=C/C(O)C(COC1OC(CO)C(O)C(O)C1O)NC(=O)CCCCCCCCCCCCCCCCCCCCCCCCCCCCCOC(=O)CCCCCCCCCCCCC. The zero-order chi connectivity index (χ0) is 58.0. The van der Waals surface area contributed by atoms with Crippen molar-refractivity contribution in [2.75, 3.05) is 19.8 Å². The summed E-state index contributed by atoms with van der Waals surface area (Å²) < 4.78 is 16.7. The van der Waals surface area contributed by atoms with Crippen molar-refractivity contribution >= 4 is 11.9 Å². The Kier molecular flexibility index (Phi) is 55.6. The molecule has 11 heteroatoms. The van der Waals surface area contributed by atoms with Crippen LogP contribution in [0.15, 0.2) is 36.5 Å². The van der Waals surface area contributed by atoms with Gasteiger partial charge in [0, 0.05) is 12.8 Å². The number of aliphatic hydroxyl groups is 5. The van der Waals surface area contributed by atoms with Crippen LogP contribution in [-0.4, -0.2) is 100 Å². The number of allylic oxidation sites excluding steroid dienone is 5. The second kappa shape index (κ2) is 58.6. The van der Waals surface area contributed by atoms with Gasteiger partial charge in [-0.2, -0.15) is 0 Å². The number of esters is 1. The lowest BCUT2D eigenvalue weighted by Gasteiger charge is -2.40. The first-order valence-electron chi connectivity index (χ1n) is 34.3. The molecule has 0 aromatic rings. The summed E-state index contributed by atoms with van der Waals surface area (Å²) >= 11 is 0. The molecule has 0 spiro atoms. The van der Waals surface area contributed by atoms with Gasteiger partial charge in [-0.05, 0) is 57.8 Å². The number of unbranched alkanes of at least 4 members (excludes halogenated alkanes) is 42. The van der Waals surface area contributed by atoms with E-state index in [1.54, 1.807) is 6.08 Å². The van der Waals surface area contributed by atoms with E-state index in [0.29, 0.717) is 19.4 Å². The van der Waals surface area contributed by atoms with E-state index in [2.05, 4.69) is 43.5 Å². The quantitative estimate of drug-likeness (QED) is 0.0195. The Morgan fingerprint density at radius 2 is 0.812 bits per heavy atom. The normalized spacial score (nSPS) is 18.5. The molecule has 0 aromatic heterocycles. The van der Waals surface area contributed by atoms with Crippen molar-refractivity contribution < 1.29 is 49.3 Å². The first kappa shape index (κ1) is 75.9. The lowest BCUT2D eigenvalue weighted by molar-refractivity contribution is -0.302. The summed E-state index contributed by atoms with van der Waals surface area (Å²) in [5.74, 6) is -0.185. The summed E-state index contributed by atoms with van der Waals surface area (Å²) in [5, 5.41) is 54.5. The molecule has 0 aliphatic carbocycles. The highest BCUT2D eigenvalue weighted by Gasteiger charge is 2.44. The summed E-state index contributed by atoms with van der Waals surface area (Å²) in [5.41, 5.74) is 0. The van der Waals surface area contributed by atoms with E-state index in [0.717, 1.165) is 70.6 Å². The molecule has 6 N–H and O–H groups in total. The monoisotopic (exact) mass is 1130 g/mol. The Morgan fingerprint density at radius 1 is 0.450 bits per heavy atom. The lowest BCUT2D eigenvalue weighted by atomic mass is 9.99. The zero-order valence-corrected chi connectivity index (χ0v) is 52.1. The molecule has 1 aliphatic heterocycles. The minimum atomic E-state index is -1.58. The number of rotatable bonds is 60. The van der Waals surface area contributed by atoms with Crippen LogP contribution in [0.5, 0.6) is 0 Å². The lowest BCUT2D eigenvalue weighted by Crippen LogP contribution is -2.60. The van der Waals surface area contributed by atoms with Crippen molar-refractivity contribution in [1.82, 2.24) is 5.32 Å². The molecule has 11 nitrogen and oxygen atoms in total. The summed E-state index contributed by atoms with van der Waals surface area (Å²) in [4.78, 5) is 25.1. The number of hydrogen-bond acceptors (Lipinski definition) is 10. The van der Waals surface area contributed by atoms with Crippen LogP contribution in [0.25, 0.3) is 0 Å². The average molecular weight is 1130 g/mol. The maximum Gasteiger partial charge on any atom is 0.305 e. The van der Waals surface area contributed by atoms with Crippen molar-refractivity contribution in [2.45, 2.75) is 371 Å². The molecule has 0 saturated carbocycles. The number of carbonyl (C=O) groups excluding carboxylic acids is 2. The van der Waals surface area contributed by atoms with Crippen molar-refractivity contribution in [3.8, 4) is 0 Å². The van der Waals surface area contributed by atoms with Crippen LogP contribution in [0, 0.1) is 0 Å². The topological polar surface area (TPSA) is 175 Å². The van der Waals surface area contributed by atoms with Crippen molar-refractivity contribution in [3.05, 3.63) is 36.5 Å². The van der Waals surface area contributed by atoms with Crippen LogP contribution in [0.4, 0.5) is 0 Å². The van der Waals surface area contributed by atoms with Crippen LogP contribution < -0.4 is 5.32 Å². The Labute approximate surface area is 492 Å². The van der Waals surface area contributed by atoms with Gasteiger partial charge in [0.05, 0.1) is 32.0 Å². The molecule has 1 rings (SSSR count). The van der Waals surface area contributed by atoms with E-state index < -0.39 is 49.5 Å². The highest BCUT2D eigenvalue weighted by atomic mass is 16.7. The third-order valence-electron chi connectivity index (χ3n) is 16.2. The molecule has 1 aliphatic rings. The second-order valence-electron chi connectivity index (χ2n) is 23.9. The molecular formula is C69H129NO10. The average Bonchev–Trinajstić information content (AvgIpc) is 3.47. The fourth-order valence-electron chi connectivity index (χ4n) is 10.8. The van der Waals surface area contributed by atoms with E-state index in [9.17, 15) is 35.1 Å². The molecular weight excluding hydrogens is 1000 g/mol. The van der Waals surface area contributed by atoms with Gasteiger partial charge in [-0.25, -0.2) is 0 Å². The van der Waals surface area contributed by atoms with E-state index in [1.165, 1.54) is 231 Å². The Morgan fingerprint density at radius 3 is 1.24 bits per heavy atom. The van der Waals surface area contributed by atoms with Gasteiger partial charge in [-0.1, -0.05) is 294 Å². The maximum absolute atomic E-state index is 13.1. The van der Waals surface area contributed by atoms with E-state index >= 15 is 0 Å². The standard InChI is InChI=1S/C69H129NO10/c1-3-5-7-9-11-13-15-16-32-36-39-43-47-51-55-62(72)61(60-79-69-68(77)67(76)66(75)63(59-71)80-69)70-64(73)56-52-48-44-40-37-33-30-28-26-24-22-20-18-17-19-21-23-25-27-29-31-34-38-42-46-50-54-58-78-65(74)57-53-49-45-41-35-14-12-10-8-6-4-2/h13,15,36,39,51,55,61-63,66-69,71-72,75-77H,3-12,14,16-35,37-38,40-50,52-54,56-60H2,1-2H3,(H,70,73)/b15-13+,39-36+,55-51+. The summed E-state index contributed by atoms with van der Waals surface area (Å²) in [6, 6.07) is -0.833. The highest BCUT2D eigenvalue weighted by Crippen LogP contribution is 2.23. The number of carbonyl (C=O) groups is 2. The number of ether oxygens (including phenoxy) is 3. The second-order valence-corrected chi connectivity index (χ2v) is 23.9. The summed E-state index contributed by atoms with van der Waals surface area (Å²) in [7, 11) is 0. The van der Waals surface area contributed by atoms with Crippen LogP contribution in [0.2, 0.25) is 0 Å². The van der Waals surface area contributed by atoms with Gasteiger partial charge in [-0.15, -0.1) is 0 Å². The van der Waals surface area contributed by atoms with E-state index in [-0.39, 0.29) is 18.5 Å². The summed E-state index contributed by atoms with van der Waals surface area (Å²) in [6.45, 7) is 4.33. The van der Waals surface area contributed by atoms with Crippen LogP contribution in [-0.2, 0) is 23.8 Å². The smallest absolute Gasteiger partial charge is 0.305 e. The van der Waals surface area contributed by atoms with Crippen LogP contribution in [0.3, 0.4) is 0 Å². The molecule has 1 fully saturated rings. The van der Waals surface area contributed by atoms with Gasteiger partial charge in [-0.3, -0.25) is 9.59 Å². The third-order valence-corrected chi connectivity index (χ3v) is 16.2. The minimum Gasteiger partial charge on any atom is -0.466 e. The highest BCUT2D eigenvalue weighted by molar-refractivity contribution is 5.76. The molecule has 1 saturated heterocycles. The molecule has 0 radical (unpaired) electrons. The first-order valence-corrected chi connectivity index (χ1v) is 34.3. The first-order chi connectivity index (χ1) is 39.2. The number of nitrogens with one attached hydrogen (secondary N) is 1. The van der Waals surface area contributed by atoms with Gasteiger partial charge >= 0.3 is 5.97 Å². The largest absolute Gasteiger partial charge is 0.466 e. The van der Waals surface area contributed by atoms with E-state index in [1.807, 2.05) is 6.08 Å². The minimum absolute atomic E-state index is 0.00790. The molecule has 7 atom stereocenters. The molecule has 0 bridgehead atoms. The number of hydrogen-bond donors (Lipinski definition) is 6. The molecule has 7 unspecified atom stereocenters. The Hall–Kier alpha value is -2.12.